The van der Waals surface area contributed by atoms with Gasteiger partial charge in [-0.1, -0.05) is 18.2 Å². The third-order valence-corrected chi connectivity index (χ3v) is 3.34. The molecule has 0 bridgehead atoms. The Morgan fingerprint density at radius 3 is 2.38 bits per heavy atom. The van der Waals surface area contributed by atoms with Gasteiger partial charge >= 0.3 is 12.2 Å². The van der Waals surface area contributed by atoms with Crippen LogP contribution in [-0.4, -0.2) is 18.0 Å². The number of carbonyl (C=O) groups is 1. The summed E-state index contributed by atoms with van der Waals surface area (Å²) in [5.74, 6) is 0. The zero-order chi connectivity index (χ0) is 17.7. The zero-order valence-corrected chi connectivity index (χ0v) is 12.8. The molecule has 24 heavy (non-hydrogen) atoms. The maximum atomic E-state index is 13.0. The molecule has 2 aromatic carbocycles. The number of hydrogen-bond donors (Lipinski definition) is 1. The molecule has 0 aromatic heterocycles. The minimum absolute atomic E-state index is 0.0162. The molecule has 124 valence electrons. The van der Waals surface area contributed by atoms with Gasteiger partial charge in [-0.3, -0.25) is 0 Å². The van der Waals surface area contributed by atoms with Crippen molar-refractivity contribution in [1.82, 2.24) is 4.90 Å². The Morgan fingerprint density at radius 1 is 1.17 bits per heavy atom. The minimum atomic E-state index is -4.47. The van der Waals surface area contributed by atoms with Crippen molar-refractivity contribution >= 4 is 11.7 Å². The van der Waals surface area contributed by atoms with Crippen LogP contribution in [0.3, 0.4) is 0 Å². The van der Waals surface area contributed by atoms with Crippen LogP contribution in [0.15, 0.2) is 48.5 Å². The first-order valence-corrected chi connectivity index (χ1v) is 6.98. The minimum Gasteiger partial charge on any atom is -0.323 e. The number of urea groups is 1. The average Bonchev–Trinajstić information content (AvgIpc) is 2.55. The SMILES string of the molecule is CN(Cc1ccccc1C(F)(F)F)C(=O)Nc1ccc(C#N)cc1. The van der Waals surface area contributed by atoms with E-state index in [1.54, 1.807) is 12.1 Å². The second-order valence-corrected chi connectivity index (χ2v) is 5.13. The highest BCUT2D eigenvalue weighted by Crippen LogP contribution is 2.32. The van der Waals surface area contributed by atoms with E-state index in [1.165, 1.54) is 37.4 Å². The molecule has 0 saturated carbocycles. The van der Waals surface area contributed by atoms with Crippen molar-refractivity contribution < 1.29 is 18.0 Å². The van der Waals surface area contributed by atoms with E-state index in [4.69, 9.17) is 5.26 Å². The third-order valence-electron chi connectivity index (χ3n) is 3.34. The Hall–Kier alpha value is -3.01. The van der Waals surface area contributed by atoms with Crippen LogP contribution in [0.5, 0.6) is 0 Å². The van der Waals surface area contributed by atoms with E-state index >= 15 is 0 Å². The lowest BCUT2D eigenvalue weighted by Gasteiger charge is -2.20. The number of rotatable bonds is 3. The first-order chi connectivity index (χ1) is 11.3. The normalized spacial score (nSPS) is 10.8. The fourth-order valence-corrected chi connectivity index (χ4v) is 2.11. The average molecular weight is 333 g/mol. The Bertz CT molecular complexity index is 764. The molecule has 7 heteroatoms. The summed E-state index contributed by atoms with van der Waals surface area (Å²) in [5, 5.41) is 11.3. The molecular weight excluding hydrogens is 319 g/mol. The number of nitrogens with zero attached hydrogens (tertiary/aromatic N) is 2. The molecule has 0 heterocycles. The molecule has 1 N–H and O–H groups in total. The van der Waals surface area contributed by atoms with E-state index in [0.717, 1.165) is 11.0 Å². The number of amides is 2. The molecule has 0 atom stereocenters. The summed E-state index contributed by atoms with van der Waals surface area (Å²) in [5.41, 5.74) is 0.154. The quantitative estimate of drug-likeness (QED) is 0.913. The fourth-order valence-electron chi connectivity index (χ4n) is 2.11. The summed E-state index contributed by atoms with van der Waals surface area (Å²) in [7, 11) is 1.41. The van der Waals surface area contributed by atoms with Crippen molar-refractivity contribution in [3.05, 3.63) is 65.2 Å². The highest BCUT2D eigenvalue weighted by atomic mass is 19.4. The van der Waals surface area contributed by atoms with Gasteiger partial charge in [0, 0.05) is 19.3 Å². The molecule has 0 spiro atoms. The lowest BCUT2D eigenvalue weighted by molar-refractivity contribution is -0.138. The summed E-state index contributed by atoms with van der Waals surface area (Å²) in [6, 6.07) is 12.7. The molecule has 2 amide bonds. The van der Waals surface area contributed by atoms with E-state index in [1.807, 2.05) is 6.07 Å². The van der Waals surface area contributed by atoms with Gasteiger partial charge in [-0.25, -0.2) is 4.79 Å². The van der Waals surface area contributed by atoms with Gasteiger partial charge in [0.1, 0.15) is 0 Å². The maximum absolute atomic E-state index is 13.0. The summed E-state index contributed by atoms with van der Waals surface area (Å²) in [6.45, 7) is -0.183. The zero-order valence-electron chi connectivity index (χ0n) is 12.8. The summed E-state index contributed by atoms with van der Waals surface area (Å²) >= 11 is 0. The van der Waals surface area contributed by atoms with Gasteiger partial charge < -0.3 is 10.2 Å². The Morgan fingerprint density at radius 2 is 1.79 bits per heavy atom. The molecule has 0 aliphatic rings. The monoisotopic (exact) mass is 333 g/mol. The number of halogens is 3. The summed E-state index contributed by atoms with van der Waals surface area (Å²) < 4.78 is 38.9. The van der Waals surface area contributed by atoms with Gasteiger partial charge in [-0.15, -0.1) is 0 Å². The molecule has 0 aliphatic heterocycles. The van der Waals surface area contributed by atoms with E-state index in [0.29, 0.717) is 11.3 Å². The van der Waals surface area contributed by atoms with Crippen molar-refractivity contribution in [3.8, 4) is 6.07 Å². The summed E-state index contributed by atoms with van der Waals surface area (Å²) in [6.07, 6.45) is -4.47. The number of carbonyl (C=O) groups excluding carboxylic acids is 1. The van der Waals surface area contributed by atoms with Crippen LogP contribution in [0, 0.1) is 11.3 Å². The van der Waals surface area contributed by atoms with E-state index in [-0.39, 0.29) is 12.1 Å². The third kappa shape index (κ3) is 4.26. The van der Waals surface area contributed by atoms with Gasteiger partial charge in [0.2, 0.25) is 0 Å². The van der Waals surface area contributed by atoms with Crippen molar-refractivity contribution in [2.45, 2.75) is 12.7 Å². The second kappa shape index (κ2) is 7.04. The molecule has 0 aliphatic carbocycles. The lowest BCUT2D eigenvalue weighted by atomic mass is 10.1. The van der Waals surface area contributed by atoms with Crippen LogP contribution in [0.1, 0.15) is 16.7 Å². The van der Waals surface area contributed by atoms with Crippen LogP contribution in [0.25, 0.3) is 0 Å². The van der Waals surface area contributed by atoms with E-state index in [9.17, 15) is 18.0 Å². The smallest absolute Gasteiger partial charge is 0.323 e. The standard InChI is InChI=1S/C17H14F3N3O/c1-23(11-13-4-2-3-5-15(13)17(18,19)20)16(24)22-14-8-6-12(10-21)7-9-14/h2-9H,11H2,1H3,(H,22,24). The number of nitrogens with one attached hydrogen (secondary N) is 1. The van der Waals surface area contributed by atoms with Gasteiger partial charge in [-0.2, -0.15) is 18.4 Å². The van der Waals surface area contributed by atoms with E-state index in [2.05, 4.69) is 5.32 Å². The van der Waals surface area contributed by atoms with Crippen molar-refractivity contribution in [1.29, 1.82) is 5.26 Å². The Balaban J connectivity index is 2.08. The number of hydrogen-bond acceptors (Lipinski definition) is 2. The largest absolute Gasteiger partial charge is 0.416 e. The van der Waals surface area contributed by atoms with Crippen LogP contribution >= 0.6 is 0 Å². The Kier molecular flexibility index (Phi) is 5.09. The van der Waals surface area contributed by atoms with Crippen LogP contribution in [-0.2, 0) is 12.7 Å². The molecule has 0 saturated heterocycles. The first-order valence-electron chi connectivity index (χ1n) is 6.98. The molecule has 2 aromatic rings. The molecule has 0 fully saturated rings. The molecular formula is C17H14F3N3O. The summed E-state index contributed by atoms with van der Waals surface area (Å²) in [4.78, 5) is 13.3. The van der Waals surface area contributed by atoms with Crippen molar-refractivity contribution in [2.24, 2.45) is 0 Å². The number of nitriles is 1. The predicted molar refractivity (Wildman–Crippen MR) is 83.1 cm³/mol. The number of benzene rings is 2. The van der Waals surface area contributed by atoms with Gasteiger partial charge in [0.25, 0.3) is 0 Å². The predicted octanol–water partition coefficient (Wildman–Crippen LogP) is 4.24. The highest BCUT2D eigenvalue weighted by molar-refractivity contribution is 5.89. The first kappa shape index (κ1) is 17.3. The fraction of sp³-hybridized carbons (Fsp3) is 0.176. The number of alkyl halides is 3. The molecule has 2 rings (SSSR count). The Labute approximate surface area is 137 Å². The highest BCUT2D eigenvalue weighted by Gasteiger charge is 2.33. The lowest BCUT2D eigenvalue weighted by Crippen LogP contribution is -2.31. The van der Waals surface area contributed by atoms with Crippen molar-refractivity contribution in [2.75, 3.05) is 12.4 Å². The topological polar surface area (TPSA) is 56.1 Å². The van der Waals surface area contributed by atoms with Crippen LogP contribution in [0.4, 0.5) is 23.7 Å². The second-order valence-electron chi connectivity index (χ2n) is 5.13. The van der Waals surface area contributed by atoms with Crippen LogP contribution in [0.2, 0.25) is 0 Å². The molecule has 0 radical (unpaired) electrons. The van der Waals surface area contributed by atoms with E-state index < -0.39 is 17.8 Å². The number of anilines is 1. The van der Waals surface area contributed by atoms with Gasteiger partial charge in [0.05, 0.1) is 17.2 Å². The van der Waals surface area contributed by atoms with Crippen molar-refractivity contribution in [3.63, 3.8) is 0 Å². The molecule has 0 unspecified atom stereocenters. The molecule has 4 nitrogen and oxygen atoms in total. The van der Waals surface area contributed by atoms with Gasteiger partial charge in [0.15, 0.2) is 0 Å². The maximum Gasteiger partial charge on any atom is 0.416 e. The van der Waals surface area contributed by atoms with Crippen LogP contribution < -0.4 is 5.32 Å². The van der Waals surface area contributed by atoms with Gasteiger partial charge in [-0.05, 0) is 35.9 Å².